The molecule has 5 unspecified atom stereocenters. The minimum Gasteiger partial charge on any atom is -0.463 e. The number of rotatable bonds is 77. The number of aliphatic hydroxyl groups is 2. The summed E-state index contributed by atoms with van der Waals surface area (Å²) in [5.41, 5.74) is 0. The molecule has 0 aliphatic heterocycles. The summed E-state index contributed by atoms with van der Waals surface area (Å²) in [7, 11) is -9.80. The van der Waals surface area contributed by atoms with Crippen LogP contribution >= 0.6 is 15.6 Å². The fourth-order valence-corrected chi connectivity index (χ4v) is 12.6. The molecule has 16 nitrogen and oxygen atoms in total. The molecule has 0 radical (unpaired) electrons. The fraction of sp³-hybridized carbons (Fsp3) is 0.729. The molecule has 0 heterocycles. The second-order valence-electron chi connectivity index (χ2n) is 27.2. The lowest BCUT2D eigenvalue weighted by molar-refractivity contribution is -0.161. The van der Waals surface area contributed by atoms with E-state index < -0.39 is 91.5 Å². The van der Waals surface area contributed by atoms with Gasteiger partial charge in [-0.15, -0.1) is 0 Å². The highest BCUT2D eigenvalue weighted by Gasteiger charge is 2.29. The van der Waals surface area contributed by atoms with Gasteiger partial charge in [-0.05, 0) is 116 Å². The number of carbonyl (C=O) groups is 3. The van der Waals surface area contributed by atoms with Crippen LogP contribution in [0.1, 0.15) is 342 Å². The first-order chi connectivity index (χ1) is 50.2. The van der Waals surface area contributed by atoms with E-state index in [2.05, 4.69) is 142 Å². The van der Waals surface area contributed by atoms with Gasteiger partial charge in [-0.1, -0.05) is 328 Å². The van der Waals surface area contributed by atoms with Crippen molar-refractivity contribution < 1.29 is 75.8 Å². The van der Waals surface area contributed by atoms with Crippen LogP contribution in [-0.4, -0.2) is 95.9 Å². The lowest BCUT2D eigenvalue weighted by atomic mass is 10.0. The van der Waals surface area contributed by atoms with Gasteiger partial charge in [0.25, 0.3) is 0 Å². The van der Waals surface area contributed by atoms with Crippen LogP contribution in [0.3, 0.4) is 0 Å². The molecule has 0 aliphatic rings. The van der Waals surface area contributed by atoms with Crippen molar-refractivity contribution in [1.29, 1.82) is 0 Å². The Labute approximate surface area is 627 Å². The number of aliphatic hydroxyl groups excluding tert-OH is 2. The summed E-state index contributed by atoms with van der Waals surface area (Å²) in [6.07, 6.45) is 92.4. The Bertz CT molecular complexity index is 2360. The molecule has 18 heteroatoms. The van der Waals surface area contributed by atoms with Gasteiger partial charge in [-0.25, -0.2) is 9.13 Å². The third kappa shape index (κ3) is 78.8. The molecule has 0 bridgehead atoms. The van der Waals surface area contributed by atoms with Crippen LogP contribution in [-0.2, 0) is 55.8 Å². The first-order valence-electron chi connectivity index (χ1n) is 40.8. The molecule has 0 aromatic carbocycles. The molecular formula is C85H148O16P2. The highest BCUT2D eigenvalue weighted by Crippen LogP contribution is 2.45. The number of carbonyl (C=O) groups excluding carboxylic acids is 3. The first kappa shape index (κ1) is 98.9. The first-order valence-corrected chi connectivity index (χ1v) is 43.8. The van der Waals surface area contributed by atoms with Crippen LogP contribution in [0.4, 0.5) is 0 Å². The number of esters is 3. The second-order valence-corrected chi connectivity index (χ2v) is 30.1. The maximum Gasteiger partial charge on any atom is 0.472 e. The number of hydrogen-bond acceptors (Lipinski definition) is 14. The Morgan fingerprint density at radius 2 is 0.515 bits per heavy atom. The predicted octanol–water partition coefficient (Wildman–Crippen LogP) is 24.1. The molecular weight excluding hydrogens is 1340 g/mol. The molecule has 0 saturated heterocycles. The average Bonchev–Trinajstić information content (AvgIpc) is 0.917. The van der Waals surface area contributed by atoms with Crippen molar-refractivity contribution in [2.24, 2.45) is 0 Å². The van der Waals surface area contributed by atoms with Gasteiger partial charge in [0.2, 0.25) is 0 Å². The van der Waals surface area contributed by atoms with Gasteiger partial charge in [-0.2, -0.15) is 0 Å². The Hall–Kier alpha value is -4.05. The number of unbranched alkanes of at least 4 members (excludes halogenated alkanes) is 34. The summed E-state index contributed by atoms with van der Waals surface area (Å²) in [5, 5.41) is 20.7. The molecule has 0 spiro atoms. The molecule has 5 atom stereocenters. The molecule has 4 N–H and O–H groups in total. The molecule has 103 heavy (non-hydrogen) atoms. The lowest BCUT2D eigenvalue weighted by Crippen LogP contribution is -2.30. The van der Waals surface area contributed by atoms with E-state index in [1.165, 1.54) is 148 Å². The SMILES string of the molecule is CC/C=C\C/C=C\C/C=C\C/C=C\C/C=C\C/C=C\CCCCCCC(=O)OCC(COP(=O)(O)OCC(O)COP(=O)(O)OCC(O)COC(=O)CCCCCCCCCCCCCCC/C=C\C/C=C\C/C=C\C/C=C\CCCCC)OC(=O)CCCCCCCCCCCCCCCCC. The highest BCUT2D eigenvalue weighted by molar-refractivity contribution is 7.47. The van der Waals surface area contributed by atoms with Crippen molar-refractivity contribution in [3.63, 3.8) is 0 Å². The molecule has 0 fully saturated rings. The van der Waals surface area contributed by atoms with Crippen LogP contribution in [0.5, 0.6) is 0 Å². The summed E-state index contributed by atoms with van der Waals surface area (Å²) in [6, 6.07) is 0. The standard InChI is InChI=1S/C85H148O16P2/c1-4-7-10-13-16-19-22-25-28-30-32-34-36-37-38-39-40-41-43-45-46-48-51-53-56-59-62-65-68-71-83(88)95-74-80(86)75-97-102(91,92)98-76-81(87)77-99-103(93,94)100-79-82(101-85(90)73-70-67-64-61-58-55-50-27-24-21-18-15-12-9-6-3)78-96-84(89)72-69-66-63-60-57-54-52-49-47-44-42-35-33-31-29-26-23-20-17-14-11-8-5-2/h8,11,16-17,19-20,25-26,28-29,32-35,37-38,44,47,52,54,80-82,86-87H,4-7,9-10,12-15,18,21-24,27,30-31,36,39-43,45-46,48-51,53,55-79H2,1-3H3,(H,91,92)(H,93,94)/b11-8-,19-16-,20-17-,28-25-,29-26-,34-32-,35-33-,38-37-,47-44-,54-52-. The van der Waals surface area contributed by atoms with E-state index >= 15 is 0 Å². The maximum atomic E-state index is 13.0. The number of ether oxygens (including phenoxy) is 3. The van der Waals surface area contributed by atoms with E-state index in [-0.39, 0.29) is 19.3 Å². The number of phosphoric ester groups is 2. The van der Waals surface area contributed by atoms with Crippen LogP contribution in [0.25, 0.3) is 0 Å². The van der Waals surface area contributed by atoms with E-state index in [0.29, 0.717) is 19.3 Å². The van der Waals surface area contributed by atoms with Crippen molar-refractivity contribution >= 4 is 33.6 Å². The summed E-state index contributed by atoms with van der Waals surface area (Å²) < 4.78 is 61.2. The largest absolute Gasteiger partial charge is 0.472 e. The Kier molecular flexibility index (Phi) is 74.5. The Morgan fingerprint density at radius 1 is 0.282 bits per heavy atom. The van der Waals surface area contributed by atoms with Crippen molar-refractivity contribution in [3.8, 4) is 0 Å². The van der Waals surface area contributed by atoms with E-state index in [4.69, 9.17) is 32.3 Å². The van der Waals surface area contributed by atoms with Crippen LogP contribution < -0.4 is 0 Å². The van der Waals surface area contributed by atoms with E-state index in [9.17, 15) is 43.5 Å². The molecule has 0 rings (SSSR count). The fourth-order valence-electron chi connectivity index (χ4n) is 11.0. The molecule has 0 aliphatic carbocycles. The van der Waals surface area contributed by atoms with Gasteiger partial charge in [0.05, 0.1) is 26.4 Å². The lowest BCUT2D eigenvalue weighted by Gasteiger charge is -2.21. The van der Waals surface area contributed by atoms with Gasteiger partial charge in [-0.3, -0.25) is 32.5 Å². The molecule has 0 saturated carbocycles. The van der Waals surface area contributed by atoms with Gasteiger partial charge in [0.15, 0.2) is 6.10 Å². The molecule has 0 amide bonds. The second kappa shape index (κ2) is 77.6. The van der Waals surface area contributed by atoms with E-state index in [1.807, 2.05) is 0 Å². The van der Waals surface area contributed by atoms with Crippen molar-refractivity contribution in [1.82, 2.24) is 0 Å². The molecule has 0 aromatic heterocycles. The Balaban J connectivity index is 4.55. The summed E-state index contributed by atoms with van der Waals surface area (Å²) in [4.78, 5) is 58.7. The third-order valence-electron chi connectivity index (χ3n) is 17.2. The van der Waals surface area contributed by atoms with Gasteiger partial charge in [0, 0.05) is 19.3 Å². The van der Waals surface area contributed by atoms with E-state index in [0.717, 1.165) is 135 Å². The zero-order valence-electron chi connectivity index (χ0n) is 65.0. The van der Waals surface area contributed by atoms with Gasteiger partial charge >= 0.3 is 33.6 Å². The quantitative estimate of drug-likeness (QED) is 0.0146. The van der Waals surface area contributed by atoms with Crippen molar-refractivity contribution in [2.75, 3.05) is 39.6 Å². The van der Waals surface area contributed by atoms with Crippen LogP contribution in [0.15, 0.2) is 122 Å². The topological polar surface area (TPSA) is 231 Å². The van der Waals surface area contributed by atoms with Gasteiger partial charge < -0.3 is 34.2 Å². The summed E-state index contributed by atoms with van der Waals surface area (Å²) in [6.45, 7) is 2.54. The molecule has 0 aromatic rings. The third-order valence-corrected chi connectivity index (χ3v) is 19.1. The predicted molar refractivity (Wildman–Crippen MR) is 427 cm³/mol. The zero-order valence-corrected chi connectivity index (χ0v) is 66.7. The number of allylic oxidation sites excluding steroid dienone is 20. The molecule has 594 valence electrons. The minimum absolute atomic E-state index is 0.100. The van der Waals surface area contributed by atoms with E-state index in [1.54, 1.807) is 0 Å². The smallest absolute Gasteiger partial charge is 0.463 e. The number of hydrogen-bond donors (Lipinski definition) is 4. The minimum atomic E-state index is -4.94. The normalized spacial score (nSPS) is 14.6. The average molecular weight is 1490 g/mol. The summed E-state index contributed by atoms with van der Waals surface area (Å²) >= 11 is 0. The van der Waals surface area contributed by atoms with Crippen LogP contribution in [0.2, 0.25) is 0 Å². The summed E-state index contributed by atoms with van der Waals surface area (Å²) in [5.74, 6) is -1.59. The van der Waals surface area contributed by atoms with Crippen LogP contribution in [0, 0.1) is 0 Å². The maximum absolute atomic E-state index is 13.0. The van der Waals surface area contributed by atoms with Gasteiger partial charge in [0.1, 0.15) is 25.4 Å². The monoisotopic (exact) mass is 1490 g/mol. The highest BCUT2D eigenvalue weighted by atomic mass is 31.2. The number of phosphoric acid groups is 2. The van der Waals surface area contributed by atoms with Crippen molar-refractivity contribution in [2.45, 2.75) is 360 Å². The Morgan fingerprint density at radius 3 is 0.835 bits per heavy atom. The zero-order chi connectivity index (χ0) is 75.2. The van der Waals surface area contributed by atoms with Crippen molar-refractivity contribution in [3.05, 3.63) is 122 Å².